The van der Waals surface area contributed by atoms with E-state index in [0.717, 1.165) is 22.3 Å². The number of hydrogen-bond donors (Lipinski definition) is 2. The topological polar surface area (TPSA) is 76.6 Å². The molecule has 6 heteroatoms. The number of benzene rings is 2. The molecule has 2 amide bonds. The number of amides is 2. The van der Waals surface area contributed by atoms with Crippen LogP contribution in [0.2, 0.25) is 0 Å². The van der Waals surface area contributed by atoms with E-state index in [-0.39, 0.29) is 12.1 Å². The summed E-state index contributed by atoms with van der Waals surface area (Å²) in [6.07, 6.45) is 1.62. The molecule has 0 spiro atoms. The molecule has 0 aliphatic carbocycles. The average molecular weight is 390 g/mol. The molecule has 1 unspecified atom stereocenters. The maximum atomic E-state index is 12.4. The number of fused-ring (bicyclic) bond motifs is 1. The predicted molar refractivity (Wildman–Crippen MR) is 110 cm³/mol. The smallest absolute Gasteiger partial charge is 0.319 e. The van der Waals surface area contributed by atoms with E-state index in [1.54, 1.807) is 6.26 Å². The van der Waals surface area contributed by atoms with Gasteiger partial charge >= 0.3 is 6.03 Å². The Bertz CT molecular complexity index is 1050. The van der Waals surface area contributed by atoms with Gasteiger partial charge in [-0.25, -0.2) is 4.79 Å². The number of ether oxygens (including phenoxy) is 1. The molecule has 0 fully saturated rings. The van der Waals surface area contributed by atoms with Crippen LogP contribution in [0, 0.1) is 0 Å². The third-order valence-corrected chi connectivity index (χ3v) is 4.50. The highest BCUT2D eigenvalue weighted by Gasteiger charge is 2.14. The number of carbonyl (C=O) groups excluding carboxylic acids is 1. The van der Waals surface area contributed by atoms with Crippen molar-refractivity contribution in [1.29, 1.82) is 0 Å². The molecule has 0 bridgehead atoms. The normalized spacial score (nSPS) is 12.0. The van der Waals surface area contributed by atoms with Gasteiger partial charge < -0.3 is 24.2 Å². The van der Waals surface area contributed by atoms with Crippen LogP contribution in [0.5, 0.6) is 0 Å². The van der Waals surface area contributed by atoms with E-state index in [0.29, 0.717) is 24.7 Å². The van der Waals surface area contributed by atoms with Crippen molar-refractivity contribution in [2.45, 2.75) is 26.2 Å². The minimum absolute atomic E-state index is 0.262. The number of urea groups is 1. The molecule has 4 rings (SSSR count). The van der Waals surface area contributed by atoms with Gasteiger partial charge in [-0.05, 0) is 48.9 Å². The van der Waals surface area contributed by atoms with Crippen molar-refractivity contribution in [3.8, 4) is 0 Å². The molecule has 0 radical (unpaired) electrons. The van der Waals surface area contributed by atoms with Crippen molar-refractivity contribution >= 4 is 22.7 Å². The summed E-state index contributed by atoms with van der Waals surface area (Å²) in [5.41, 5.74) is 2.46. The van der Waals surface area contributed by atoms with Crippen LogP contribution in [0.3, 0.4) is 0 Å². The van der Waals surface area contributed by atoms with E-state index in [1.165, 1.54) is 0 Å². The second kappa shape index (κ2) is 8.67. The quantitative estimate of drug-likeness (QED) is 0.429. The number of para-hydroxylation sites is 1. The molecular formula is C23H22N2O4. The van der Waals surface area contributed by atoms with Crippen molar-refractivity contribution in [3.63, 3.8) is 0 Å². The van der Waals surface area contributed by atoms with Gasteiger partial charge in [-0.1, -0.05) is 30.3 Å². The molecule has 148 valence electrons. The van der Waals surface area contributed by atoms with Gasteiger partial charge in [0.25, 0.3) is 0 Å². The summed E-state index contributed by atoms with van der Waals surface area (Å²) < 4.78 is 16.7. The average Bonchev–Trinajstić information content (AvgIpc) is 3.38. The highest BCUT2D eigenvalue weighted by molar-refractivity contribution is 5.89. The maximum Gasteiger partial charge on any atom is 0.319 e. The van der Waals surface area contributed by atoms with Crippen LogP contribution in [-0.2, 0) is 18.0 Å². The summed E-state index contributed by atoms with van der Waals surface area (Å²) in [5.74, 6) is 1.49. The number of hydrogen-bond acceptors (Lipinski definition) is 4. The zero-order valence-corrected chi connectivity index (χ0v) is 16.1. The largest absolute Gasteiger partial charge is 0.467 e. The lowest BCUT2D eigenvalue weighted by Crippen LogP contribution is -2.31. The molecule has 0 aliphatic heterocycles. The van der Waals surface area contributed by atoms with Crippen LogP contribution in [0.1, 0.15) is 30.0 Å². The zero-order valence-electron chi connectivity index (χ0n) is 16.1. The lowest BCUT2D eigenvalue weighted by Gasteiger charge is -2.13. The first kappa shape index (κ1) is 18.8. The molecule has 4 aromatic rings. The Morgan fingerprint density at radius 1 is 1.03 bits per heavy atom. The second-order valence-electron chi connectivity index (χ2n) is 6.78. The fraction of sp³-hybridized carbons (Fsp3) is 0.174. The molecule has 6 nitrogen and oxygen atoms in total. The summed E-state index contributed by atoms with van der Waals surface area (Å²) in [4.78, 5) is 12.4. The fourth-order valence-electron chi connectivity index (χ4n) is 3.05. The highest BCUT2D eigenvalue weighted by Crippen LogP contribution is 2.23. The van der Waals surface area contributed by atoms with Crippen molar-refractivity contribution in [3.05, 3.63) is 90.1 Å². The van der Waals surface area contributed by atoms with Gasteiger partial charge in [0.05, 0.1) is 18.9 Å². The molecule has 2 aromatic carbocycles. The van der Waals surface area contributed by atoms with Gasteiger partial charge in [0.1, 0.15) is 23.7 Å². The van der Waals surface area contributed by atoms with Crippen LogP contribution in [-0.4, -0.2) is 6.03 Å². The third-order valence-electron chi connectivity index (χ3n) is 4.50. The van der Waals surface area contributed by atoms with Crippen molar-refractivity contribution in [1.82, 2.24) is 5.32 Å². The van der Waals surface area contributed by atoms with E-state index in [4.69, 9.17) is 13.6 Å². The van der Waals surface area contributed by atoms with E-state index >= 15 is 0 Å². The summed E-state index contributed by atoms with van der Waals surface area (Å²) in [6, 6.07) is 20.4. The SMILES string of the molecule is CC(NC(=O)Nc1cccc(COCc2ccco2)c1)c1cc2ccccc2o1. The number of anilines is 1. The Hall–Kier alpha value is -3.51. The van der Waals surface area contributed by atoms with Crippen molar-refractivity contribution < 1.29 is 18.4 Å². The van der Waals surface area contributed by atoms with Crippen LogP contribution < -0.4 is 10.6 Å². The van der Waals surface area contributed by atoms with Crippen LogP contribution in [0.4, 0.5) is 10.5 Å². The predicted octanol–water partition coefficient (Wildman–Crippen LogP) is 5.63. The lowest BCUT2D eigenvalue weighted by atomic mass is 10.2. The first-order valence-electron chi connectivity index (χ1n) is 9.42. The number of carbonyl (C=O) groups is 1. The zero-order chi connectivity index (χ0) is 20.1. The summed E-state index contributed by atoms with van der Waals surface area (Å²) in [6.45, 7) is 2.71. The minimum Gasteiger partial charge on any atom is -0.467 e. The molecule has 29 heavy (non-hydrogen) atoms. The van der Waals surface area contributed by atoms with Crippen LogP contribution >= 0.6 is 0 Å². The van der Waals surface area contributed by atoms with E-state index in [2.05, 4.69) is 10.6 Å². The maximum absolute atomic E-state index is 12.4. The Morgan fingerprint density at radius 2 is 1.93 bits per heavy atom. The van der Waals surface area contributed by atoms with Crippen LogP contribution in [0.15, 0.2) is 81.8 Å². The molecule has 0 saturated carbocycles. The summed E-state index contributed by atoms with van der Waals surface area (Å²) in [7, 11) is 0. The summed E-state index contributed by atoms with van der Waals surface area (Å²) >= 11 is 0. The number of rotatable bonds is 7. The monoisotopic (exact) mass is 390 g/mol. The molecule has 2 N–H and O–H groups in total. The molecule has 0 saturated heterocycles. The number of nitrogens with one attached hydrogen (secondary N) is 2. The molecule has 2 heterocycles. The molecular weight excluding hydrogens is 368 g/mol. The molecule has 0 aliphatic rings. The van der Waals surface area contributed by atoms with Crippen LogP contribution in [0.25, 0.3) is 11.0 Å². The Labute approximate surface area is 168 Å². The van der Waals surface area contributed by atoms with Gasteiger partial charge in [0.15, 0.2) is 0 Å². The Balaban J connectivity index is 1.31. The standard InChI is InChI=1S/C23H22N2O4/c1-16(22-13-18-7-2-3-10-21(18)29-22)24-23(26)25-19-8-4-6-17(12-19)14-27-15-20-9-5-11-28-20/h2-13,16H,14-15H2,1H3,(H2,24,25,26). The first-order valence-corrected chi connectivity index (χ1v) is 9.42. The van der Waals surface area contributed by atoms with E-state index in [9.17, 15) is 4.79 Å². The first-order chi connectivity index (χ1) is 14.2. The van der Waals surface area contributed by atoms with Gasteiger partial charge in [-0.2, -0.15) is 0 Å². The molecule has 2 aromatic heterocycles. The van der Waals surface area contributed by atoms with E-state index in [1.807, 2.05) is 73.7 Å². The van der Waals surface area contributed by atoms with Gasteiger partial charge in [-0.15, -0.1) is 0 Å². The second-order valence-corrected chi connectivity index (χ2v) is 6.78. The Kier molecular flexibility index (Phi) is 5.63. The Morgan fingerprint density at radius 3 is 2.76 bits per heavy atom. The third kappa shape index (κ3) is 4.86. The summed E-state index contributed by atoms with van der Waals surface area (Å²) in [5, 5.41) is 6.77. The van der Waals surface area contributed by atoms with Crippen molar-refractivity contribution in [2.24, 2.45) is 0 Å². The van der Waals surface area contributed by atoms with Gasteiger partial charge in [-0.3, -0.25) is 0 Å². The van der Waals surface area contributed by atoms with Gasteiger partial charge in [0, 0.05) is 11.1 Å². The number of furan rings is 2. The van der Waals surface area contributed by atoms with Gasteiger partial charge in [0.2, 0.25) is 0 Å². The van der Waals surface area contributed by atoms with Crippen molar-refractivity contribution in [2.75, 3.05) is 5.32 Å². The fourth-order valence-corrected chi connectivity index (χ4v) is 3.05. The molecule has 1 atom stereocenters. The lowest BCUT2D eigenvalue weighted by molar-refractivity contribution is 0.0930. The highest BCUT2D eigenvalue weighted by atomic mass is 16.5. The minimum atomic E-state index is -0.299. The van der Waals surface area contributed by atoms with E-state index < -0.39 is 0 Å².